The number of nitrogens with zero attached hydrogens (tertiary/aromatic N) is 5. The van der Waals surface area contributed by atoms with Crippen LogP contribution in [0.2, 0.25) is 0 Å². The number of anilines is 2. The molecule has 2 amide bonds. The maximum Gasteiger partial charge on any atom is 0.352 e. The minimum absolute atomic E-state index is 0.0441. The van der Waals surface area contributed by atoms with Gasteiger partial charge in [-0.2, -0.15) is 4.57 Å². The quantitative estimate of drug-likeness (QED) is 0.0414. The fourth-order valence-electron chi connectivity index (χ4n) is 5.79. The summed E-state index contributed by atoms with van der Waals surface area (Å²) >= 11 is 3.87. The van der Waals surface area contributed by atoms with E-state index < -0.39 is 29.2 Å². The van der Waals surface area contributed by atoms with Crippen LogP contribution in [-0.4, -0.2) is 94.2 Å². The number of carbonyl (C=O) groups excluding carboxylic acids is 2. The number of aryl methyl sites for hydroxylation is 1. The van der Waals surface area contributed by atoms with Crippen molar-refractivity contribution in [3.8, 4) is 0 Å². The minimum atomic E-state index is -1.24. The van der Waals surface area contributed by atoms with Crippen LogP contribution in [0.25, 0.3) is 10.9 Å². The van der Waals surface area contributed by atoms with Crippen molar-refractivity contribution < 1.29 is 33.3 Å². The molecule has 48 heavy (non-hydrogen) atoms. The van der Waals surface area contributed by atoms with E-state index in [0.717, 1.165) is 40.2 Å². The molecule has 5 N–H and O–H groups in total. The summed E-state index contributed by atoms with van der Waals surface area (Å²) in [5, 5.41) is 21.9. The molecule has 3 aromatic rings. The number of β-lactam (4-membered cyclic amide) rings is 1. The van der Waals surface area contributed by atoms with Gasteiger partial charge in [-0.05, 0) is 18.6 Å². The standard InChI is InChI=1S/C31H33FN8O5S3/c1-3-11-45-37-24(20-16-48-31(33)35-20)27(41)36-25-28(42)40-26(30(43)44)17(15-47-29(25)40)14-46-23-5-8-38(4-2)21-13-22(19(32)12-18(21)23)39-9-6-34-7-10-39/h3,5,8,12-13,16,25,29,34H,1,4,6-7,9-11,14-15H2,2H3,(H3-,33,35,36,41,43,44)/p+1/t25?,29-/m0/s1. The number of halogens is 1. The second kappa shape index (κ2) is 14.5. The van der Waals surface area contributed by atoms with E-state index in [2.05, 4.69) is 31.9 Å². The number of nitrogen functional groups attached to an aromatic ring is 1. The number of thioether (sulfide) groups is 2. The highest BCUT2D eigenvalue weighted by atomic mass is 32.2. The van der Waals surface area contributed by atoms with Gasteiger partial charge in [-0.15, -0.1) is 34.9 Å². The number of oxime groups is 1. The van der Waals surface area contributed by atoms with Crippen LogP contribution in [0.4, 0.5) is 15.2 Å². The predicted octanol–water partition coefficient (Wildman–Crippen LogP) is 2.17. The van der Waals surface area contributed by atoms with Crippen molar-refractivity contribution >= 4 is 80.1 Å². The number of nitrogens with two attached hydrogens (primary N) is 1. The van der Waals surface area contributed by atoms with Crippen LogP contribution in [0.5, 0.6) is 0 Å². The number of carbonyl (C=O) groups is 3. The molecule has 0 saturated carbocycles. The molecule has 2 atom stereocenters. The van der Waals surface area contributed by atoms with Crippen molar-refractivity contribution in [2.45, 2.75) is 29.8 Å². The number of nitrogens with one attached hydrogen (secondary N) is 2. The minimum Gasteiger partial charge on any atom is -0.477 e. The van der Waals surface area contributed by atoms with Gasteiger partial charge in [0.05, 0.1) is 11.1 Å². The van der Waals surface area contributed by atoms with Crippen LogP contribution in [0.15, 0.2) is 63.8 Å². The molecule has 5 heterocycles. The average molecular weight is 714 g/mol. The van der Waals surface area contributed by atoms with Gasteiger partial charge < -0.3 is 31.2 Å². The van der Waals surface area contributed by atoms with Crippen LogP contribution in [0.3, 0.4) is 0 Å². The van der Waals surface area contributed by atoms with Gasteiger partial charge in [0.15, 0.2) is 17.0 Å². The van der Waals surface area contributed by atoms with Crippen LogP contribution in [0, 0.1) is 5.82 Å². The summed E-state index contributed by atoms with van der Waals surface area (Å²) in [6.07, 6.45) is 3.41. The number of carboxylic acid groups (broad SMARTS) is 1. The van der Waals surface area contributed by atoms with E-state index in [1.165, 1.54) is 34.5 Å². The van der Waals surface area contributed by atoms with Crippen LogP contribution in [0.1, 0.15) is 12.6 Å². The molecule has 2 aromatic heterocycles. The SMILES string of the molecule is C=CCON=C(C(=O)NC1C(=O)N2C(C(=O)O)=C(CSc3cc[n+](CC)c4cc(N5CCNCC5)c(F)cc34)CS[C@@H]12)c1csc(N)n1. The molecule has 1 unspecified atom stereocenters. The van der Waals surface area contributed by atoms with Crippen molar-refractivity contribution in [2.24, 2.45) is 5.16 Å². The van der Waals surface area contributed by atoms with E-state index in [-0.39, 0.29) is 40.4 Å². The maximum absolute atomic E-state index is 15.5. The molecule has 17 heteroatoms. The number of aliphatic carboxylic acids is 1. The summed E-state index contributed by atoms with van der Waals surface area (Å²) in [6, 6.07) is 4.38. The molecule has 2 fully saturated rings. The molecular formula is C31H34FN8O5S3+. The molecule has 3 aliphatic heterocycles. The van der Waals surface area contributed by atoms with E-state index in [4.69, 9.17) is 10.6 Å². The number of carboxylic acids is 1. The fraction of sp³-hybridized carbons (Fsp3) is 0.355. The molecule has 1 aromatic carbocycles. The largest absolute Gasteiger partial charge is 0.477 e. The third kappa shape index (κ3) is 6.59. The number of amides is 2. The molecule has 6 rings (SSSR count). The molecule has 3 aliphatic rings. The Morgan fingerprint density at radius 2 is 2.17 bits per heavy atom. The molecule has 0 bridgehead atoms. The molecule has 13 nitrogen and oxygen atoms in total. The van der Waals surface area contributed by atoms with E-state index in [9.17, 15) is 19.5 Å². The second-order valence-corrected chi connectivity index (χ2v) is 14.0. The lowest BCUT2D eigenvalue weighted by atomic mass is 10.0. The average Bonchev–Trinajstić information content (AvgIpc) is 3.52. The summed E-state index contributed by atoms with van der Waals surface area (Å²) in [5.41, 5.74) is 7.66. The fourth-order valence-corrected chi connectivity index (χ4v) is 8.86. The van der Waals surface area contributed by atoms with Crippen molar-refractivity contribution in [2.75, 3.05) is 54.9 Å². The maximum atomic E-state index is 15.5. The number of aromatic nitrogens is 2. The van der Waals surface area contributed by atoms with Crippen molar-refractivity contribution in [1.29, 1.82) is 0 Å². The van der Waals surface area contributed by atoms with Gasteiger partial charge in [0, 0.05) is 60.1 Å². The third-order valence-electron chi connectivity index (χ3n) is 8.11. The lowest BCUT2D eigenvalue weighted by Crippen LogP contribution is -2.71. The van der Waals surface area contributed by atoms with Crippen molar-refractivity contribution in [1.82, 2.24) is 20.5 Å². The van der Waals surface area contributed by atoms with E-state index in [1.807, 2.05) is 30.2 Å². The van der Waals surface area contributed by atoms with Gasteiger partial charge in [0.2, 0.25) is 5.52 Å². The highest BCUT2D eigenvalue weighted by Crippen LogP contribution is 2.42. The van der Waals surface area contributed by atoms with E-state index in [1.54, 1.807) is 11.4 Å². The number of hydrogen-bond donors (Lipinski definition) is 4. The first-order chi connectivity index (χ1) is 23.2. The van der Waals surface area contributed by atoms with E-state index >= 15 is 4.39 Å². The van der Waals surface area contributed by atoms with Gasteiger partial charge >= 0.3 is 5.97 Å². The Labute approximate surface area is 288 Å². The number of hydrogen-bond acceptors (Lipinski definition) is 12. The Balaban J connectivity index is 1.21. The van der Waals surface area contributed by atoms with Gasteiger partial charge in [-0.3, -0.25) is 14.5 Å². The highest BCUT2D eigenvalue weighted by molar-refractivity contribution is 8.01. The molecule has 0 spiro atoms. The second-order valence-electron chi connectivity index (χ2n) is 11.0. The van der Waals surface area contributed by atoms with Crippen LogP contribution < -0.4 is 25.8 Å². The summed E-state index contributed by atoms with van der Waals surface area (Å²) in [6.45, 7) is 9.33. The molecule has 0 radical (unpaired) electrons. The molecule has 252 valence electrons. The lowest BCUT2D eigenvalue weighted by molar-refractivity contribution is -0.668. The third-order valence-corrected chi connectivity index (χ3v) is 11.3. The Kier molecular flexibility index (Phi) is 10.2. The number of piperazine rings is 1. The topological polar surface area (TPSA) is 166 Å². The first-order valence-electron chi connectivity index (χ1n) is 15.2. The number of benzene rings is 1. The molecule has 2 saturated heterocycles. The zero-order valence-corrected chi connectivity index (χ0v) is 28.4. The Morgan fingerprint density at radius 3 is 2.85 bits per heavy atom. The summed E-state index contributed by atoms with van der Waals surface area (Å²) in [5.74, 6) is -2.21. The smallest absolute Gasteiger partial charge is 0.352 e. The van der Waals surface area contributed by atoms with Crippen LogP contribution in [-0.2, 0) is 25.8 Å². The van der Waals surface area contributed by atoms with Crippen LogP contribution >= 0.6 is 34.9 Å². The van der Waals surface area contributed by atoms with Gasteiger partial charge in [-0.1, -0.05) is 17.8 Å². The zero-order chi connectivity index (χ0) is 33.9. The number of pyridine rings is 1. The normalized spacial score (nSPS) is 19.6. The molecule has 0 aliphatic carbocycles. The molecular weight excluding hydrogens is 680 g/mol. The van der Waals surface area contributed by atoms with Gasteiger partial charge in [0.25, 0.3) is 11.8 Å². The van der Waals surface area contributed by atoms with Crippen molar-refractivity contribution in [3.05, 3.63) is 65.2 Å². The number of rotatable bonds is 12. The number of thiazole rings is 1. The Morgan fingerprint density at radius 1 is 1.38 bits per heavy atom. The Hall–Kier alpha value is -4.19. The van der Waals surface area contributed by atoms with Gasteiger partial charge in [-0.25, -0.2) is 14.2 Å². The summed E-state index contributed by atoms with van der Waals surface area (Å²) in [4.78, 5) is 52.4. The summed E-state index contributed by atoms with van der Waals surface area (Å²) in [7, 11) is 0. The number of fused-ring (bicyclic) bond motifs is 2. The monoisotopic (exact) mass is 713 g/mol. The van der Waals surface area contributed by atoms with Gasteiger partial charge in [0.1, 0.15) is 41.8 Å². The lowest BCUT2D eigenvalue weighted by Gasteiger charge is -2.49. The van der Waals surface area contributed by atoms with Crippen molar-refractivity contribution in [3.63, 3.8) is 0 Å². The summed E-state index contributed by atoms with van der Waals surface area (Å²) < 4.78 is 17.6. The first kappa shape index (κ1) is 33.7. The first-order valence-corrected chi connectivity index (χ1v) is 18.1. The highest BCUT2D eigenvalue weighted by Gasteiger charge is 2.54. The van der Waals surface area contributed by atoms with E-state index in [0.29, 0.717) is 36.6 Å². The predicted molar refractivity (Wildman–Crippen MR) is 184 cm³/mol. The Bertz CT molecular complexity index is 1840. The zero-order valence-electron chi connectivity index (χ0n) is 26.0.